The van der Waals surface area contributed by atoms with Crippen molar-refractivity contribution in [3.8, 4) is 11.4 Å². The van der Waals surface area contributed by atoms with E-state index in [0.29, 0.717) is 18.2 Å². The fourth-order valence-corrected chi connectivity index (χ4v) is 4.06. The van der Waals surface area contributed by atoms with E-state index in [1.54, 1.807) is 0 Å². The Labute approximate surface area is 160 Å². The van der Waals surface area contributed by atoms with Crippen LogP contribution in [0.15, 0.2) is 42.5 Å². The van der Waals surface area contributed by atoms with Crippen LogP contribution < -0.4 is 5.32 Å². The van der Waals surface area contributed by atoms with Crippen molar-refractivity contribution in [3.63, 3.8) is 0 Å². The SMILES string of the molecule is CCC(c1ccc(-c2nc3cccc4c3n2CCNC4=O)cc1)N(C)CC. The second kappa shape index (κ2) is 7.16. The lowest BCUT2D eigenvalue weighted by atomic mass is 10.0. The molecule has 5 nitrogen and oxygen atoms in total. The number of nitrogens with one attached hydrogen (secondary N) is 1. The van der Waals surface area contributed by atoms with Gasteiger partial charge < -0.3 is 9.88 Å². The first-order valence-corrected chi connectivity index (χ1v) is 9.72. The summed E-state index contributed by atoms with van der Waals surface area (Å²) in [6.45, 7) is 6.79. The molecule has 0 saturated carbocycles. The molecule has 27 heavy (non-hydrogen) atoms. The minimum atomic E-state index is -0.0189. The molecule has 4 rings (SSSR count). The number of benzene rings is 2. The Morgan fingerprint density at radius 3 is 2.67 bits per heavy atom. The Morgan fingerprint density at radius 1 is 1.19 bits per heavy atom. The quantitative estimate of drug-likeness (QED) is 0.750. The maximum Gasteiger partial charge on any atom is 0.253 e. The minimum Gasteiger partial charge on any atom is -0.350 e. The van der Waals surface area contributed by atoms with Crippen LogP contribution in [0.3, 0.4) is 0 Å². The number of hydrogen-bond acceptors (Lipinski definition) is 3. The van der Waals surface area contributed by atoms with E-state index >= 15 is 0 Å². The highest BCUT2D eigenvalue weighted by molar-refractivity contribution is 6.06. The van der Waals surface area contributed by atoms with Gasteiger partial charge in [-0.2, -0.15) is 0 Å². The highest BCUT2D eigenvalue weighted by atomic mass is 16.1. The van der Waals surface area contributed by atoms with Crippen LogP contribution in [0.4, 0.5) is 0 Å². The fourth-order valence-electron chi connectivity index (χ4n) is 4.06. The summed E-state index contributed by atoms with van der Waals surface area (Å²) >= 11 is 0. The standard InChI is InChI=1S/C22H26N4O/c1-4-19(25(3)5-2)15-9-11-16(12-10-15)21-24-18-8-6-7-17-20(18)26(21)14-13-23-22(17)27/h6-12,19H,4-5,13-14H2,1-3H3,(H,23,27). The van der Waals surface area contributed by atoms with Crippen molar-refractivity contribution >= 4 is 16.9 Å². The Bertz CT molecular complexity index is 974. The summed E-state index contributed by atoms with van der Waals surface area (Å²) in [7, 11) is 2.17. The fraction of sp³-hybridized carbons (Fsp3) is 0.364. The lowest BCUT2D eigenvalue weighted by Gasteiger charge is -2.26. The molecule has 0 radical (unpaired) electrons. The van der Waals surface area contributed by atoms with Gasteiger partial charge in [-0.15, -0.1) is 0 Å². The lowest BCUT2D eigenvalue weighted by Crippen LogP contribution is -2.24. The van der Waals surface area contributed by atoms with Gasteiger partial charge >= 0.3 is 0 Å². The van der Waals surface area contributed by atoms with Crippen molar-refractivity contribution in [2.45, 2.75) is 32.9 Å². The predicted molar refractivity (Wildman–Crippen MR) is 109 cm³/mol. The molecule has 5 heteroatoms. The van der Waals surface area contributed by atoms with Gasteiger partial charge in [-0.3, -0.25) is 9.69 Å². The molecule has 1 N–H and O–H groups in total. The number of nitrogens with zero attached hydrogens (tertiary/aromatic N) is 3. The van der Waals surface area contributed by atoms with Crippen LogP contribution in [0, 0.1) is 0 Å². The first-order valence-electron chi connectivity index (χ1n) is 9.72. The van der Waals surface area contributed by atoms with Crippen LogP contribution in [0.5, 0.6) is 0 Å². The molecule has 2 aromatic carbocycles. The molecule has 0 aliphatic carbocycles. The number of rotatable bonds is 5. The number of amides is 1. The molecule has 1 amide bonds. The number of aromatic nitrogens is 2. The third-order valence-electron chi connectivity index (χ3n) is 5.60. The predicted octanol–water partition coefficient (Wildman–Crippen LogP) is 3.85. The first kappa shape index (κ1) is 17.7. The Kier molecular flexibility index (Phi) is 4.70. The molecule has 3 aromatic rings. The van der Waals surface area contributed by atoms with E-state index in [4.69, 9.17) is 4.98 Å². The zero-order chi connectivity index (χ0) is 19.0. The molecular weight excluding hydrogens is 336 g/mol. The number of imidazole rings is 1. The van der Waals surface area contributed by atoms with Crippen molar-refractivity contribution in [1.29, 1.82) is 0 Å². The van der Waals surface area contributed by atoms with Gasteiger partial charge in [-0.25, -0.2) is 4.98 Å². The Morgan fingerprint density at radius 2 is 1.96 bits per heavy atom. The third-order valence-corrected chi connectivity index (χ3v) is 5.60. The molecule has 0 spiro atoms. The van der Waals surface area contributed by atoms with E-state index in [9.17, 15) is 4.79 Å². The second-order valence-corrected chi connectivity index (χ2v) is 7.14. The van der Waals surface area contributed by atoms with Crippen molar-refractivity contribution in [2.75, 3.05) is 20.1 Å². The van der Waals surface area contributed by atoms with Gasteiger partial charge in [0.25, 0.3) is 5.91 Å². The molecular formula is C22H26N4O. The molecule has 0 bridgehead atoms. The first-order chi connectivity index (χ1) is 13.1. The summed E-state index contributed by atoms with van der Waals surface area (Å²) < 4.78 is 2.17. The molecule has 1 unspecified atom stereocenters. The van der Waals surface area contributed by atoms with Crippen LogP contribution in [0.25, 0.3) is 22.4 Å². The lowest BCUT2D eigenvalue weighted by molar-refractivity contribution is 0.0956. The van der Waals surface area contributed by atoms with E-state index in [2.05, 4.69) is 59.9 Å². The third kappa shape index (κ3) is 3.02. The highest BCUT2D eigenvalue weighted by Gasteiger charge is 2.22. The molecule has 1 aliphatic heterocycles. The second-order valence-electron chi connectivity index (χ2n) is 7.14. The van der Waals surface area contributed by atoms with E-state index in [0.717, 1.165) is 41.9 Å². The normalized spacial score (nSPS) is 15.0. The van der Waals surface area contributed by atoms with Gasteiger partial charge in [0, 0.05) is 24.7 Å². The Balaban J connectivity index is 1.78. The molecule has 1 aliphatic rings. The van der Waals surface area contributed by atoms with Gasteiger partial charge in [-0.05, 0) is 37.7 Å². The van der Waals surface area contributed by atoms with Crippen molar-refractivity contribution < 1.29 is 4.79 Å². The highest BCUT2D eigenvalue weighted by Crippen LogP contribution is 2.30. The van der Waals surface area contributed by atoms with E-state index in [1.165, 1.54) is 5.56 Å². The van der Waals surface area contributed by atoms with Gasteiger partial charge in [-0.1, -0.05) is 44.2 Å². The van der Waals surface area contributed by atoms with Gasteiger partial charge in [0.1, 0.15) is 5.82 Å². The molecule has 1 aromatic heterocycles. The van der Waals surface area contributed by atoms with E-state index in [-0.39, 0.29) is 5.91 Å². The zero-order valence-corrected chi connectivity index (χ0v) is 16.2. The molecule has 140 valence electrons. The molecule has 0 fully saturated rings. The maximum absolute atomic E-state index is 12.3. The monoisotopic (exact) mass is 362 g/mol. The van der Waals surface area contributed by atoms with E-state index < -0.39 is 0 Å². The summed E-state index contributed by atoms with van der Waals surface area (Å²) in [6.07, 6.45) is 1.08. The summed E-state index contributed by atoms with van der Waals surface area (Å²) in [5, 5.41) is 2.97. The largest absolute Gasteiger partial charge is 0.350 e. The number of carbonyl (C=O) groups excluding carboxylic acids is 1. The Hall–Kier alpha value is -2.66. The number of hydrogen-bond donors (Lipinski definition) is 1. The minimum absolute atomic E-state index is 0.0189. The van der Waals surface area contributed by atoms with Gasteiger partial charge in [0.15, 0.2) is 0 Å². The van der Waals surface area contributed by atoms with Crippen LogP contribution in [-0.2, 0) is 6.54 Å². The van der Waals surface area contributed by atoms with Crippen LogP contribution in [-0.4, -0.2) is 40.5 Å². The van der Waals surface area contributed by atoms with Gasteiger partial charge in [0.05, 0.1) is 16.6 Å². The summed E-state index contributed by atoms with van der Waals surface area (Å²) in [5.41, 5.74) is 4.93. The van der Waals surface area contributed by atoms with Crippen molar-refractivity contribution in [1.82, 2.24) is 19.8 Å². The van der Waals surface area contributed by atoms with E-state index in [1.807, 2.05) is 18.2 Å². The van der Waals surface area contributed by atoms with Gasteiger partial charge in [0.2, 0.25) is 0 Å². The number of para-hydroxylation sites is 1. The topological polar surface area (TPSA) is 50.2 Å². The summed E-state index contributed by atoms with van der Waals surface area (Å²) in [4.78, 5) is 19.5. The average Bonchev–Trinajstić information content (AvgIpc) is 2.98. The van der Waals surface area contributed by atoms with Crippen molar-refractivity contribution in [3.05, 3.63) is 53.6 Å². The molecule has 1 atom stereocenters. The molecule has 0 saturated heterocycles. The van der Waals surface area contributed by atoms with Crippen molar-refractivity contribution in [2.24, 2.45) is 0 Å². The zero-order valence-electron chi connectivity index (χ0n) is 16.2. The number of carbonyl (C=O) groups is 1. The molecule has 2 heterocycles. The van der Waals surface area contributed by atoms with Crippen LogP contribution >= 0.6 is 0 Å². The maximum atomic E-state index is 12.3. The van der Waals surface area contributed by atoms with Crippen LogP contribution in [0.1, 0.15) is 42.2 Å². The summed E-state index contributed by atoms with van der Waals surface area (Å²) in [6, 6.07) is 14.9. The summed E-state index contributed by atoms with van der Waals surface area (Å²) in [5.74, 6) is 0.909. The smallest absolute Gasteiger partial charge is 0.253 e. The average molecular weight is 362 g/mol. The van der Waals surface area contributed by atoms with Crippen LogP contribution in [0.2, 0.25) is 0 Å².